The van der Waals surface area contributed by atoms with Gasteiger partial charge in [-0.2, -0.15) is 5.21 Å². The van der Waals surface area contributed by atoms with Gasteiger partial charge in [-0.05, 0) is 41.8 Å². The van der Waals surface area contributed by atoms with E-state index in [2.05, 4.69) is 82.3 Å². The first-order chi connectivity index (χ1) is 15.1. The molecule has 0 spiro atoms. The Morgan fingerprint density at radius 2 is 1.84 bits per heavy atom. The van der Waals surface area contributed by atoms with Gasteiger partial charge in [0.25, 0.3) is 0 Å². The summed E-state index contributed by atoms with van der Waals surface area (Å²) >= 11 is 0. The minimum atomic E-state index is 0.400. The van der Waals surface area contributed by atoms with Crippen molar-refractivity contribution in [3.63, 3.8) is 0 Å². The molecule has 0 bridgehead atoms. The Morgan fingerprint density at radius 3 is 2.55 bits per heavy atom. The number of imidazole rings is 1. The molecule has 0 fully saturated rings. The molecule has 0 aliphatic carbocycles. The molecular formula is C24H31N7. The van der Waals surface area contributed by atoms with E-state index < -0.39 is 0 Å². The molecule has 1 unspecified atom stereocenters. The van der Waals surface area contributed by atoms with Crippen LogP contribution in [-0.4, -0.2) is 44.3 Å². The van der Waals surface area contributed by atoms with Crippen molar-refractivity contribution in [1.82, 2.24) is 30.2 Å². The fraction of sp³-hybridized carbons (Fsp3) is 0.417. The van der Waals surface area contributed by atoms with Crippen LogP contribution in [0.2, 0.25) is 0 Å². The molecule has 0 aliphatic rings. The second-order valence-electron chi connectivity index (χ2n) is 8.36. The van der Waals surface area contributed by atoms with Crippen LogP contribution in [0.4, 0.5) is 5.95 Å². The van der Waals surface area contributed by atoms with Crippen LogP contribution in [0, 0.1) is 0 Å². The van der Waals surface area contributed by atoms with Crippen LogP contribution in [0.25, 0.3) is 33.5 Å². The zero-order valence-corrected chi connectivity index (χ0v) is 18.8. The Morgan fingerprint density at radius 1 is 1.03 bits per heavy atom. The molecule has 0 saturated heterocycles. The predicted molar refractivity (Wildman–Crippen MR) is 126 cm³/mol. The number of H-pyrrole nitrogens is 1. The van der Waals surface area contributed by atoms with E-state index in [1.54, 1.807) is 0 Å². The molecule has 31 heavy (non-hydrogen) atoms. The van der Waals surface area contributed by atoms with Crippen LogP contribution in [0.5, 0.6) is 0 Å². The summed E-state index contributed by atoms with van der Waals surface area (Å²) in [7, 11) is 4.13. The number of nitrogens with one attached hydrogen (secondary N) is 1. The number of aromatic nitrogens is 6. The van der Waals surface area contributed by atoms with Crippen LogP contribution in [0.1, 0.15) is 52.0 Å². The molecule has 1 N–H and O–H groups in total. The molecule has 7 nitrogen and oxygen atoms in total. The maximum atomic E-state index is 5.00. The van der Waals surface area contributed by atoms with Crippen molar-refractivity contribution in [1.29, 1.82) is 0 Å². The number of tetrazole rings is 1. The van der Waals surface area contributed by atoms with Gasteiger partial charge in [0.2, 0.25) is 11.8 Å². The minimum absolute atomic E-state index is 0.400. The number of unbranched alkanes of at least 4 members (excludes halogenated alkanes) is 3. The third-order valence-corrected chi connectivity index (χ3v) is 5.81. The summed E-state index contributed by atoms with van der Waals surface area (Å²) in [6, 6.07) is 15.1. The fourth-order valence-electron chi connectivity index (χ4n) is 4.20. The van der Waals surface area contributed by atoms with E-state index in [1.165, 1.54) is 31.2 Å². The van der Waals surface area contributed by atoms with E-state index in [4.69, 9.17) is 4.98 Å². The molecule has 0 saturated carbocycles. The summed E-state index contributed by atoms with van der Waals surface area (Å²) in [5.41, 5.74) is 5.29. The molecule has 0 aliphatic heterocycles. The highest BCUT2D eigenvalue weighted by Crippen LogP contribution is 2.34. The lowest BCUT2D eigenvalue weighted by Gasteiger charge is -2.21. The lowest BCUT2D eigenvalue weighted by atomic mass is 9.99. The maximum Gasteiger partial charge on any atom is 0.206 e. The van der Waals surface area contributed by atoms with Gasteiger partial charge in [0, 0.05) is 25.7 Å². The van der Waals surface area contributed by atoms with Gasteiger partial charge in [0.15, 0.2) is 0 Å². The quantitative estimate of drug-likeness (QED) is 0.365. The number of hydrogen-bond acceptors (Lipinski definition) is 5. The number of nitrogens with zero attached hydrogens (tertiary/aromatic N) is 6. The predicted octanol–water partition coefficient (Wildman–Crippen LogP) is 5.48. The zero-order chi connectivity index (χ0) is 21.8. The lowest BCUT2D eigenvalue weighted by Crippen LogP contribution is -2.17. The van der Waals surface area contributed by atoms with Crippen molar-refractivity contribution < 1.29 is 0 Å². The van der Waals surface area contributed by atoms with Crippen LogP contribution >= 0.6 is 0 Å². The van der Waals surface area contributed by atoms with E-state index in [0.717, 1.165) is 34.6 Å². The highest BCUT2D eigenvalue weighted by molar-refractivity contribution is 5.88. The van der Waals surface area contributed by atoms with Crippen molar-refractivity contribution in [3.8, 4) is 22.5 Å². The number of hydrogen-bond donors (Lipinski definition) is 1. The molecule has 2 aromatic carbocycles. The lowest BCUT2D eigenvalue weighted by molar-refractivity contribution is 0.482. The summed E-state index contributed by atoms with van der Waals surface area (Å²) in [4.78, 5) is 7.10. The first-order valence-electron chi connectivity index (χ1n) is 11.1. The normalized spacial score (nSPS) is 12.4. The van der Waals surface area contributed by atoms with Crippen LogP contribution in [0.3, 0.4) is 0 Å². The third kappa shape index (κ3) is 4.31. The van der Waals surface area contributed by atoms with Crippen molar-refractivity contribution in [2.24, 2.45) is 0 Å². The van der Waals surface area contributed by atoms with E-state index >= 15 is 0 Å². The first-order valence-corrected chi connectivity index (χ1v) is 11.1. The van der Waals surface area contributed by atoms with Gasteiger partial charge in [-0.1, -0.05) is 62.9 Å². The Labute approximate surface area is 183 Å². The fourth-order valence-corrected chi connectivity index (χ4v) is 4.20. The molecule has 7 heteroatoms. The maximum absolute atomic E-state index is 5.00. The van der Waals surface area contributed by atoms with Crippen molar-refractivity contribution in [2.45, 2.75) is 52.0 Å². The Hall–Kier alpha value is -3.22. The summed E-state index contributed by atoms with van der Waals surface area (Å²) < 4.78 is 2.39. The smallest absolute Gasteiger partial charge is 0.206 e. The van der Waals surface area contributed by atoms with Crippen molar-refractivity contribution in [2.75, 3.05) is 19.0 Å². The van der Waals surface area contributed by atoms with E-state index in [0.29, 0.717) is 11.9 Å². The van der Waals surface area contributed by atoms with E-state index in [-0.39, 0.29) is 0 Å². The molecule has 4 rings (SSSR count). The van der Waals surface area contributed by atoms with Crippen molar-refractivity contribution >= 4 is 17.0 Å². The van der Waals surface area contributed by atoms with Gasteiger partial charge in [-0.15, -0.1) is 10.2 Å². The van der Waals surface area contributed by atoms with Gasteiger partial charge < -0.3 is 9.47 Å². The first kappa shape index (κ1) is 21.0. The summed E-state index contributed by atoms with van der Waals surface area (Å²) in [5, 5.41) is 14.6. The SMILES string of the molecule is CCCCCCC(C)n1c(N(C)C)nc2cc(-c3ccccc3-c3nn[nH]n3)ccc21. The second-order valence-corrected chi connectivity index (χ2v) is 8.36. The monoisotopic (exact) mass is 417 g/mol. The van der Waals surface area contributed by atoms with Gasteiger partial charge in [0.05, 0.1) is 11.0 Å². The highest BCUT2D eigenvalue weighted by Gasteiger charge is 2.19. The molecule has 2 aromatic heterocycles. The summed E-state index contributed by atoms with van der Waals surface area (Å²) in [5.74, 6) is 1.59. The molecule has 4 aromatic rings. The molecule has 0 radical (unpaired) electrons. The van der Waals surface area contributed by atoms with Gasteiger partial charge in [-0.3, -0.25) is 0 Å². The van der Waals surface area contributed by atoms with Gasteiger partial charge in [0.1, 0.15) is 0 Å². The topological polar surface area (TPSA) is 75.5 Å². The standard InChI is InChI=1S/C24H31N7/c1-5-6-7-8-11-17(2)31-22-15-14-18(16-21(22)25-24(31)30(3)4)19-12-9-10-13-20(19)23-26-28-29-27-23/h9-10,12-17H,5-8,11H2,1-4H3,(H,26,27,28,29). The number of rotatable bonds is 9. The highest BCUT2D eigenvalue weighted by atomic mass is 15.5. The van der Waals surface area contributed by atoms with E-state index in [1.807, 2.05) is 18.2 Å². The zero-order valence-electron chi connectivity index (χ0n) is 18.8. The molecule has 0 amide bonds. The summed E-state index contributed by atoms with van der Waals surface area (Å²) in [6.45, 7) is 4.56. The van der Waals surface area contributed by atoms with Crippen LogP contribution in [0.15, 0.2) is 42.5 Å². The Kier molecular flexibility index (Phi) is 6.30. The Balaban J connectivity index is 1.73. The van der Waals surface area contributed by atoms with E-state index in [9.17, 15) is 0 Å². The number of fused-ring (bicyclic) bond motifs is 1. The van der Waals surface area contributed by atoms with Crippen LogP contribution < -0.4 is 4.90 Å². The number of aromatic amines is 1. The Bertz CT molecular complexity index is 1130. The van der Waals surface area contributed by atoms with Gasteiger partial charge >= 0.3 is 0 Å². The van der Waals surface area contributed by atoms with Crippen molar-refractivity contribution in [3.05, 3.63) is 42.5 Å². The summed E-state index contributed by atoms with van der Waals surface area (Å²) in [6.07, 6.45) is 6.27. The number of anilines is 1. The molecule has 162 valence electrons. The number of benzene rings is 2. The molecule has 1 atom stereocenters. The second kappa shape index (κ2) is 9.29. The largest absolute Gasteiger partial charge is 0.348 e. The average Bonchev–Trinajstić information content (AvgIpc) is 3.44. The average molecular weight is 418 g/mol. The minimum Gasteiger partial charge on any atom is -0.348 e. The van der Waals surface area contributed by atoms with Crippen LogP contribution in [-0.2, 0) is 0 Å². The molecular weight excluding hydrogens is 386 g/mol. The third-order valence-electron chi connectivity index (χ3n) is 5.81. The molecule has 2 heterocycles. The van der Waals surface area contributed by atoms with Gasteiger partial charge in [-0.25, -0.2) is 4.98 Å².